The van der Waals surface area contributed by atoms with Crippen LogP contribution in [-0.2, 0) is 0 Å². The van der Waals surface area contributed by atoms with E-state index in [0.29, 0.717) is 11.5 Å². The van der Waals surface area contributed by atoms with E-state index in [0.717, 1.165) is 43.0 Å². The second-order valence-corrected chi connectivity index (χ2v) is 8.47. The number of carbonyl (C=O) groups is 1. The Morgan fingerprint density at radius 1 is 1.06 bits per heavy atom. The highest BCUT2D eigenvalue weighted by molar-refractivity contribution is 6.30. The molecule has 2 aromatic heterocycles. The minimum absolute atomic E-state index is 0.00495. The smallest absolute Gasteiger partial charge is 0.291 e. The molecule has 1 aliphatic carbocycles. The van der Waals surface area contributed by atoms with E-state index < -0.39 is 11.7 Å². The van der Waals surface area contributed by atoms with Crippen molar-refractivity contribution in [3.63, 3.8) is 0 Å². The summed E-state index contributed by atoms with van der Waals surface area (Å²) in [5.41, 5.74) is 2.12. The van der Waals surface area contributed by atoms with Crippen molar-refractivity contribution in [3.05, 3.63) is 83.3 Å². The minimum Gasteiger partial charge on any atom is -0.449 e. The van der Waals surface area contributed by atoms with Crippen LogP contribution in [0, 0.1) is 11.6 Å². The van der Waals surface area contributed by atoms with Gasteiger partial charge in [0.15, 0.2) is 11.5 Å². The molecule has 0 radical (unpaired) electrons. The van der Waals surface area contributed by atoms with Gasteiger partial charge in [0.2, 0.25) is 0 Å². The maximum atomic E-state index is 14.1. The lowest BCUT2D eigenvalue weighted by Crippen LogP contribution is -2.12. The Kier molecular flexibility index (Phi) is 5.72. The van der Waals surface area contributed by atoms with Crippen LogP contribution in [0.15, 0.2) is 65.3 Å². The third-order valence-corrected chi connectivity index (χ3v) is 6.11. The summed E-state index contributed by atoms with van der Waals surface area (Å²) < 4.78 is 35.5. The van der Waals surface area contributed by atoms with Crippen molar-refractivity contribution in [2.45, 2.75) is 31.7 Å². The summed E-state index contributed by atoms with van der Waals surface area (Å²) in [6, 6.07) is 13.6. The summed E-state index contributed by atoms with van der Waals surface area (Å²) in [5.74, 6) is -1.07. The van der Waals surface area contributed by atoms with Gasteiger partial charge in [-0.25, -0.2) is 13.8 Å². The lowest BCUT2D eigenvalue weighted by Gasteiger charge is -2.15. The molecule has 8 heteroatoms. The van der Waals surface area contributed by atoms with E-state index in [1.807, 2.05) is 0 Å². The average Bonchev–Trinajstić information content (AvgIpc) is 3.56. The monoisotopic (exact) mass is 467 g/mol. The number of carbonyl (C=O) groups excluding carboxylic acids is 1. The first kappa shape index (κ1) is 21.4. The lowest BCUT2D eigenvalue weighted by atomic mass is 10.1. The van der Waals surface area contributed by atoms with Crippen LogP contribution < -0.4 is 5.32 Å². The Morgan fingerprint density at radius 2 is 1.82 bits per heavy atom. The molecule has 0 bridgehead atoms. The number of imidazole rings is 1. The van der Waals surface area contributed by atoms with Gasteiger partial charge in [-0.05, 0) is 67.4 Å². The Labute approximate surface area is 194 Å². The molecule has 1 aliphatic rings. The zero-order chi connectivity index (χ0) is 22.9. The topological polar surface area (TPSA) is 60.1 Å². The molecule has 1 fully saturated rings. The highest BCUT2D eigenvalue weighted by atomic mass is 35.5. The molecule has 4 aromatic rings. The summed E-state index contributed by atoms with van der Waals surface area (Å²) in [6.45, 7) is 0. The molecule has 0 atom stereocenters. The number of nitrogens with one attached hydrogen (secondary N) is 1. The van der Waals surface area contributed by atoms with Gasteiger partial charge >= 0.3 is 0 Å². The molecule has 0 aliphatic heterocycles. The molecule has 0 unspecified atom stereocenters. The van der Waals surface area contributed by atoms with E-state index in [2.05, 4.69) is 14.9 Å². The predicted molar refractivity (Wildman–Crippen MR) is 122 cm³/mol. The third-order valence-electron chi connectivity index (χ3n) is 5.87. The van der Waals surface area contributed by atoms with Crippen LogP contribution in [0.3, 0.4) is 0 Å². The number of furan rings is 1. The fraction of sp³-hybridized carbons (Fsp3) is 0.200. The van der Waals surface area contributed by atoms with E-state index in [4.69, 9.17) is 16.0 Å². The minimum atomic E-state index is -0.638. The van der Waals surface area contributed by atoms with Crippen molar-refractivity contribution in [1.82, 2.24) is 9.55 Å². The zero-order valence-electron chi connectivity index (χ0n) is 17.5. The highest BCUT2D eigenvalue weighted by Gasteiger charge is 2.26. The summed E-state index contributed by atoms with van der Waals surface area (Å²) in [6.07, 6.45) is 6.08. The number of hydrogen-bond donors (Lipinski definition) is 1. The highest BCUT2D eigenvalue weighted by Crippen LogP contribution is 2.39. The van der Waals surface area contributed by atoms with Crippen LogP contribution in [-0.4, -0.2) is 15.5 Å². The Balaban J connectivity index is 1.50. The van der Waals surface area contributed by atoms with Crippen molar-refractivity contribution >= 4 is 23.2 Å². The summed E-state index contributed by atoms with van der Waals surface area (Å²) >= 11 is 5.77. The molecule has 0 spiro atoms. The number of aromatic nitrogens is 2. The van der Waals surface area contributed by atoms with Gasteiger partial charge in [0.1, 0.15) is 17.3 Å². The van der Waals surface area contributed by atoms with E-state index in [9.17, 15) is 13.6 Å². The zero-order valence-corrected chi connectivity index (χ0v) is 18.3. The van der Waals surface area contributed by atoms with Crippen LogP contribution in [0.25, 0.3) is 22.7 Å². The SMILES string of the molecule is O=C(Nc1ccc(Cl)cc1F)c1ccc(-c2c(-c3ccc(F)cc3)ncn2C2CCCC2)o1. The molecule has 2 aromatic carbocycles. The summed E-state index contributed by atoms with van der Waals surface area (Å²) in [4.78, 5) is 17.3. The Bertz CT molecular complexity index is 1310. The standard InChI is InChI=1S/C25H20ClF2N3O2/c26-16-7-10-20(19(28)13-16)30-25(32)22-12-11-21(33-22)24-23(15-5-8-17(27)9-6-15)29-14-31(24)18-3-1-2-4-18/h5-14,18H,1-4H2,(H,30,32). The van der Waals surface area contributed by atoms with Gasteiger partial charge in [0.05, 0.1) is 17.7 Å². The van der Waals surface area contributed by atoms with Crippen LogP contribution in [0.5, 0.6) is 0 Å². The number of amides is 1. The number of rotatable bonds is 5. The number of hydrogen-bond acceptors (Lipinski definition) is 3. The van der Waals surface area contributed by atoms with E-state index in [1.165, 1.54) is 24.3 Å². The van der Waals surface area contributed by atoms with Crippen molar-refractivity contribution in [2.75, 3.05) is 5.32 Å². The van der Waals surface area contributed by atoms with Crippen LogP contribution in [0.2, 0.25) is 5.02 Å². The molecule has 5 nitrogen and oxygen atoms in total. The molecule has 1 saturated carbocycles. The number of anilines is 1. The van der Waals surface area contributed by atoms with Crippen LogP contribution in [0.4, 0.5) is 14.5 Å². The van der Waals surface area contributed by atoms with Gasteiger partial charge in [-0.15, -0.1) is 0 Å². The molecule has 1 amide bonds. The summed E-state index contributed by atoms with van der Waals surface area (Å²) in [5, 5.41) is 2.74. The molecule has 1 N–H and O–H groups in total. The third kappa shape index (κ3) is 4.28. The van der Waals surface area contributed by atoms with E-state index in [-0.39, 0.29) is 28.3 Å². The van der Waals surface area contributed by atoms with E-state index >= 15 is 0 Å². The maximum absolute atomic E-state index is 14.1. The summed E-state index contributed by atoms with van der Waals surface area (Å²) in [7, 11) is 0. The van der Waals surface area contributed by atoms with Gasteiger partial charge in [-0.1, -0.05) is 24.4 Å². The molecule has 2 heterocycles. The first-order valence-electron chi connectivity index (χ1n) is 10.7. The molecule has 5 rings (SSSR count). The second kappa shape index (κ2) is 8.83. The number of benzene rings is 2. The van der Waals surface area contributed by atoms with Gasteiger partial charge in [-0.3, -0.25) is 4.79 Å². The number of halogens is 3. The van der Waals surface area contributed by atoms with Crippen molar-refractivity contribution in [1.29, 1.82) is 0 Å². The molecular formula is C25H20ClF2N3O2. The van der Waals surface area contributed by atoms with Crippen molar-refractivity contribution in [3.8, 4) is 22.7 Å². The van der Waals surface area contributed by atoms with Crippen molar-refractivity contribution < 1.29 is 18.0 Å². The quantitative estimate of drug-likeness (QED) is 0.340. The predicted octanol–water partition coefficient (Wildman–Crippen LogP) is 7.11. The van der Waals surface area contributed by atoms with Gasteiger partial charge in [0.25, 0.3) is 5.91 Å². The van der Waals surface area contributed by atoms with Gasteiger partial charge in [-0.2, -0.15) is 0 Å². The van der Waals surface area contributed by atoms with E-state index in [1.54, 1.807) is 30.6 Å². The lowest BCUT2D eigenvalue weighted by molar-refractivity contribution is 0.0997. The first-order chi connectivity index (χ1) is 16.0. The largest absolute Gasteiger partial charge is 0.449 e. The average molecular weight is 468 g/mol. The van der Waals surface area contributed by atoms with Crippen LogP contribution in [0.1, 0.15) is 42.3 Å². The maximum Gasteiger partial charge on any atom is 0.291 e. The molecule has 168 valence electrons. The molecule has 33 heavy (non-hydrogen) atoms. The van der Waals surface area contributed by atoms with Crippen molar-refractivity contribution in [2.24, 2.45) is 0 Å². The first-order valence-corrected chi connectivity index (χ1v) is 11.1. The van der Waals surface area contributed by atoms with Gasteiger partial charge in [0, 0.05) is 16.6 Å². The Morgan fingerprint density at radius 3 is 2.55 bits per heavy atom. The normalized spacial score (nSPS) is 14.0. The number of nitrogens with zero attached hydrogens (tertiary/aromatic N) is 2. The van der Waals surface area contributed by atoms with Gasteiger partial charge < -0.3 is 14.3 Å². The fourth-order valence-corrected chi connectivity index (χ4v) is 4.40. The Hall–Kier alpha value is -3.45. The second-order valence-electron chi connectivity index (χ2n) is 8.04. The molecular weight excluding hydrogens is 448 g/mol. The molecule has 0 saturated heterocycles. The van der Waals surface area contributed by atoms with Crippen LogP contribution >= 0.6 is 11.6 Å². The fourth-order valence-electron chi connectivity index (χ4n) is 4.25.